The van der Waals surface area contributed by atoms with Gasteiger partial charge in [0.2, 0.25) is 5.91 Å². The van der Waals surface area contributed by atoms with Crippen LogP contribution in [0.25, 0.3) is 0 Å². The van der Waals surface area contributed by atoms with Gasteiger partial charge in [-0.1, -0.05) is 12.1 Å². The molecular weight excluding hydrogens is 244 g/mol. The fourth-order valence-corrected chi connectivity index (χ4v) is 2.68. The van der Waals surface area contributed by atoms with Gasteiger partial charge >= 0.3 is 0 Å². The third-order valence-electron chi connectivity index (χ3n) is 4.14. The summed E-state index contributed by atoms with van der Waals surface area (Å²) in [5.41, 5.74) is 8.90. The van der Waals surface area contributed by atoms with Gasteiger partial charge < -0.3 is 20.9 Å². The Kier molecular flexibility index (Phi) is 3.05. The molecule has 5 heteroatoms. The molecule has 2 aliphatic rings. The van der Waals surface area contributed by atoms with Crippen molar-refractivity contribution in [3.05, 3.63) is 29.3 Å². The van der Waals surface area contributed by atoms with Crippen LogP contribution in [0.1, 0.15) is 23.6 Å². The minimum atomic E-state index is -0.355. The zero-order valence-electron chi connectivity index (χ0n) is 10.7. The summed E-state index contributed by atoms with van der Waals surface area (Å²) in [7, 11) is 0. The summed E-state index contributed by atoms with van der Waals surface area (Å²) in [6.45, 7) is 1.03. The molecule has 0 radical (unpaired) electrons. The SMILES string of the molecule is NC(c1ccc2c(c1)CCC(=O)N2)C1(CO)COC1. The van der Waals surface area contributed by atoms with Crippen LogP contribution in [0, 0.1) is 5.41 Å². The van der Waals surface area contributed by atoms with Gasteiger partial charge in [-0.3, -0.25) is 4.79 Å². The molecule has 0 aliphatic carbocycles. The largest absolute Gasteiger partial charge is 0.396 e. The number of hydrogen-bond acceptors (Lipinski definition) is 4. The molecule has 0 bridgehead atoms. The Morgan fingerprint density at radius 1 is 1.42 bits per heavy atom. The highest BCUT2D eigenvalue weighted by molar-refractivity contribution is 5.93. The number of carbonyl (C=O) groups excluding carboxylic acids is 1. The first kappa shape index (κ1) is 12.6. The van der Waals surface area contributed by atoms with Crippen molar-refractivity contribution in [2.45, 2.75) is 18.9 Å². The summed E-state index contributed by atoms with van der Waals surface area (Å²) in [5, 5.41) is 12.4. The van der Waals surface area contributed by atoms with E-state index in [0.29, 0.717) is 19.6 Å². The van der Waals surface area contributed by atoms with Crippen molar-refractivity contribution in [3.63, 3.8) is 0 Å². The van der Waals surface area contributed by atoms with Gasteiger partial charge in [0.05, 0.1) is 25.2 Å². The highest BCUT2D eigenvalue weighted by Gasteiger charge is 2.44. The lowest BCUT2D eigenvalue weighted by molar-refractivity contribution is -0.150. The molecule has 2 heterocycles. The van der Waals surface area contributed by atoms with Crippen molar-refractivity contribution in [2.24, 2.45) is 11.1 Å². The Morgan fingerprint density at radius 2 is 2.21 bits per heavy atom. The van der Waals surface area contributed by atoms with E-state index in [-0.39, 0.29) is 24.0 Å². The summed E-state index contributed by atoms with van der Waals surface area (Å²) >= 11 is 0. The van der Waals surface area contributed by atoms with Gasteiger partial charge in [0, 0.05) is 18.2 Å². The first-order valence-electron chi connectivity index (χ1n) is 6.51. The van der Waals surface area contributed by atoms with Gasteiger partial charge in [0.15, 0.2) is 0 Å². The Labute approximate surface area is 111 Å². The molecule has 2 aliphatic heterocycles. The standard InChI is InChI=1S/C14H18N2O3/c15-13(14(6-17)7-19-8-14)10-1-3-11-9(5-10)2-4-12(18)16-11/h1,3,5,13,17H,2,4,6-8,15H2,(H,16,18). The zero-order chi connectivity index (χ0) is 13.5. The fourth-order valence-electron chi connectivity index (χ4n) is 2.68. The number of benzene rings is 1. The molecule has 1 fully saturated rings. The normalized spacial score (nSPS) is 22.1. The zero-order valence-corrected chi connectivity index (χ0v) is 10.7. The van der Waals surface area contributed by atoms with E-state index in [4.69, 9.17) is 10.5 Å². The second-order valence-corrected chi connectivity index (χ2v) is 5.46. The van der Waals surface area contributed by atoms with E-state index in [0.717, 1.165) is 23.2 Å². The van der Waals surface area contributed by atoms with Crippen molar-refractivity contribution in [3.8, 4) is 0 Å². The molecule has 5 nitrogen and oxygen atoms in total. The van der Waals surface area contributed by atoms with E-state index in [2.05, 4.69) is 5.32 Å². The second-order valence-electron chi connectivity index (χ2n) is 5.46. The number of aliphatic hydroxyl groups excluding tert-OH is 1. The van der Waals surface area contributed by atoms with Gasteiger partial charge in [-0.2, -0.15) is 0 Å². The third kappa shape index (κ3) is 2.04. The molecule has 0 saturated carbocycles. The highest BCUT2D eigenvalue weighted by Crippen LogP contribution is 2.39. The van der Waals surface area contributed by atoms with E-state index >= 15 is 0 Å². The van der Waals surface area contributed by atoms with Crippen LogP contribution >= 0.6 is 0 Å². The predicted molar refractivity (Wildman–Crippen MR) is 70.7 cm³/mol. The number of nitrogens with one attached hydrogen (secondary N) is 1. The summed E-state index contributed by atoms with van der Waals surface area (Å²) < 4.78 is 5.20. The lowest BCUT2D eigenvalue weighted by Crippen LogP contribution is -2.52. The average Bonchev–Trinajstić information content (AvgIpc) is 2.37. The van der Waals surface area contributed by atoms with E-state index < -0.39 is 0 Å². The fraction of sp³-hybridized carbons (Fsp3) is 0.500. The Balaban J connectivity index is 1.88. The number of fused-ring (bicyclic) bond motifs is 1. The summed E-state index contributed by atoms with van der Waals surface area (Å²) in [6.07, 6.45) is 1.25. The van der Waals surface area contributed by atoms with Gasteiger partial charge in [0.25, 0.3) is 0 Å². The Morgan fingerprint density at radius 3 is 2.84 bits per heavy atom. The molecule has 4 N–H and O–H groups in total. The molecular formula is C14H18N2O3. The molecule has 1 amide bonds. The minimum Gasteiger partial charge on any atom is -0.396 e. The van der Waals surface area contributed by atoms with Gasteiger partial charge in [-0.15, -0.1) is 0 Å². The van der Waals surface area contributed by atoms with E-state index in [1.54, 1.807) is 0 Å². The molecule has 0 aromatic heterocycles. The molecule has 3 rings (SSSR count). The Hall–Kier alpha value is -1.43. The van der Waals surface area contributed by atoms with Crippen LogP contribution in [-0.4, -0.2) is 30.8 Å². The maximum Gasteiger partial charge on any atom is 0.224 e. The van der Waals surface area contributed by atoms with Crippen LogP contribution in [0.4, 0.5) is 5.69 Å². The van der Waals surface area contributed by atoms with Crippen LogP contribution in [0.15, 0.2) is 18.2 Å². The van der Waals surface area contributed by atoms with Crippen molar-refractivity contribution >= 4 is 11.6 Å². The van der Waals surface area contributed by atoms with Crippen LogP contribution in [0.5, 0.6) is 0 Å². The van der Waals surface area contributed by atoms with Crippen LogP contribution in [-0.2, 0) is 16.0 Å². The van der Waals surface area contributed by atoms with Gasteiger partial charge in [-0.05, 0) is 23.6 Å². The number of aliphatic hydroxyl groups is 1. The first-order chi connectivity index (χ1) is 9.14. The molecule has 1 unspecified atom stereocenters. The molecule has 0 spiro atoms. The second kappa shape index (κ2) is 4.59. The monoisotopic (exact) mass is 262 g/mol. The molecule has 19 heavy (non-hydrogen) atoms. The molecule has 1 atom stereocenters. The quantitative estimate of drug-likeness (QED) is 0.744. The third-order valence-corrected chi connectivity index (χ3v) is 4.14. The van der Waals surface area contributed by atoms with Gasteiger partial charge in [0.1, 0.15) is 0 Å². The van der Waals surface area contributed by atoms with Crippen LogP contribution in [0.2, 0.25) is 0 Å². The topological polar surface area (TPSA) is 84.6 Å². The highest BCUT2D eigenvalue weighted by atomic mass is 16.5. The molecule has 1 aromatic carbocycles. The maximum absolute atomic E-state index is 11.3. The van der Waals surface area contributed by atoms with E-state index in [1.165, 1.54) is 0 Å². The number of ether oxygens (including phenoxy) is 1. The maximum atomic E-state index is 11.3. The number of aryl methyl sites for hydroxylation is 1. The van der Waals surface area contributed by atoms with Crippen molar-refractivity contribution < 1.29 is 14.6 Å². The number of amides is 1. The Bertz CT molecular complexity index is 506. The number of nitrogens with two attached hydrogens (primary N) is 1. The van der Waals surface area contributed by atoms with Crippen molar-refractivity contribution in [2.75, 3.05) is 25.1 Å². The van der Waals surface area contributed by atoms with E-state index in [1.807, 2.05) is 18.2 Å². The average molecular weight is 262 g/mol. The number of rotatable bonds is 3. The lowest BCUT2D eigenvalue weighted by atomic mass is 9.76. The van der Waals surface area contributed by atoms with Crippen molar-refractivity contribution in [1.29, 1.82) is 0 Å². The number of carbonyl (C=O) groups is 1. The van der Waals surface area contributed by atoms with Crippen LogP contribution in [0.3, 0.4) is 0 Å². The predicted octanol–water partition coefficient (Wildman–Crippen LogP) is 0.580. The molecule has 102 valence electrons. The summed E-state index contributed by atoms with van der Waals surface area (Å²) in [6, 6.07) is 5.61. The summed E-state index contributed by atoms with van der Waals surface area (Å²) in [5.74, 6) is 0.0590. The minimum absolute atomic E-state index is 0.0297. The summed E-state index contributed by atoms with van der Waals surface area (Å²) in [4.78, 5) is 11.3. The molecule has 1 aromatic rings. The van der Waals surface area contributed by atoms with Crippen LogP contribution < -0.4 is 11.1 Å². The number of hydrogen-bond donors (Lipinski definition) is 3. The number of anilines is 1. The lowest BCUT2D eigenvalue weighted by Gasteiger charge is -2.44. The van der Waals surface area contributed by atoms with E-state index in [9.17, 15) is 9.90 Å². The van der Waals surface area contributed by atoms with Crippen molar-refractivity contribution in [1.82, 2.24) is 0 Å². The first-order valence-corrected chi connectivity index (χ1v) is 6.51. The smallest absolute Gasteiger partial charge is 0.224 e. The molecule has 1 saturated heterocycles. The van der Waals surface area contributed by atoms with Gasteiger partial charge in [-0.25, -0.2) is 0 Å².